The minimum Gasteiger partial charge on any atom is -0.480 e. The van der Waals surface area contributed by atoms with Crippen LogP contribution < -0.4 is 5.32 Å². The van der Waals surface area contributed by atoms with Crippen molar-refractivity contribution in [1.82, 2.24) is 15.1 Å². The number of hydrogen-bond donors (Lipinski definition) is 2. The van der Waals surface area contributed by atoms with Crippen molar-refractivity contribution in [2.75, 3.05) is 33.2 Å². The smallest absolute Gasteiger partial charge is 0.323 e. The zero-order chi connectivity index (χ0) is 13.5. The van der Waals surface area contributed by atoms with Crippen LogP contribution in [-0.2, 0) is 4.79 Å². The van der Waals surface area contributed by atoms with E-state index < -0.39 is 5.97 Å². The number of carbonyl (C=O) groups excluding carboxylic acids is 1. The standard InChI is InChI=1S/C12H23N3O3/c1-3-8-15(9-11(16)17)12(18)14(2)10-4-6-13-7-5-10/h10,13H,3-9H2,1-2H3,(H,16,17). The third-order valence-corrected chi connectivity index (χ3v) is 3.25. The lowest BCUT2D eigenvalue weighted by Gasteiger charge is -2.35. The van der Waals surface area contributed by atoms with Crippen LogP contribution in [0.15, 0.2) is 0 Å². The molecule has 0 aromatic rings. The molecule has 6 heteroatoms. The van der Waals surface area contributed by atoms with Crippen molar-refractivity contribution in [1.29, 1.82) is 0 Å². The largest absolute Gasteiger partial charge is 0.480 e. The van der Waals surface area contributed by atoms with Crippen LogP contribution in [0.2, 0.25) is 0 Å². The third kappa shape index (κ3) is 4.18. The summed E-state index contributed by atoms with van der Waals surface area (Å²) in [4.78, 5) is 26.1. The van der Waals surface area contributed by atoms with E-state index in [4.69, 9.17) is 5.11 Å². The number of rotatable bonds is 5. The normalized spacial score (nSPS) is 16.3. The quantitative estimate of drug-likeness (QED) is 0.756. The molecule has 104 valence electrons. The Labute approximate surface area is 108 Å². The Morgan fingerprint density at radius 3 is 2.44 bits per heavy atom. The first kappa shape index (κ1) is 14.8. The van der Waals surface area contributed by atoms with Crippen molar-refractivity contribution in [2.24, 2.45) is 0 Å². The van der Waals surface area contributed by atoms with Crippen LogP contribution in [0.25, 0.3) is 0 Å². The van der Waals surface area contributed by atoms with E-state index in [0.29, 0.717) is 6.54 Å². The Morgan fingerprint density at radius 1 is 1.33 bits per heavy atom. The molecule has 0 spiro atoms. The van der Waals surface area contributed by atoms with Crippen LogP contribution in [0.3, 0.4) is 0 Å². The van der Waals surface area contributed by atoms with Gasteiger partial charge in [0.05, 0.1) is 0 Å². The number of amides is 2. The number of aliphatic carboxylic acids is 1. The van der Waals surface area contributed by atoms with E-state index in [2.05, 4.69) is 5.32 Å². The van der Waals surface area contributed by atoms with Crippen LogP contribution >= 0.6 is 0 Å². The molecule has 0 unspecified atom stereocenters. The lowest BCUT2D eigenvalue weighted by atomic mass is 10.1. The molecule has 1 rings (SSSR count). The van der Waals surface area contributed by atoms with Gasteiger partial charge in [-0.15, -0.1) is 0 Å². The van der Waals surface area contributed by atoms with Crippen LogP contribution in [0, 0.1) is 0 Å². The molecule has 6 nitrogen and oxygen atoms in total. The number of nitrogens with one attached hydrogen (secondary N) is 1. The molecule has 0 radical (unpaired) electrons. The van der Waals surface area contributed by atoms with Crippen LogP contribution in [0.5, 0.6) is 0 Å². The SMILES string of the molecule is CCCN(CC(=O)O)C(=O)N(C)C1CCNCC1. The summed E-state index contributed by atoms with van der Waals surface area (Å²) in [5, 5.41) is 12.1. The number of carboxylic acid groups (broad SMARTS) is 1. The van der Waals surface area contributed by atoms with Gasteiger partial charge in [-0.3, -0.25) is 4.79 Å². The first-order valence-electron chi connectivity index (χ1n) is 6.50. The lowest BCUT2D eigenvalue weighted by Crippen LogP contribution is -2.50. The predicted octanol–water partition coefficient (Wildman–Crippen LogP) is 0.587. The van der Waals surface area contributed by atoms with Gasteiger partial charge in [-0.2, -0.15) is 0 Å². The molecule has 1 aliphatic rings. The highest BCUT2D eigenvalue weighted by Gasteiger charge is 2.26. The second-order valence-electron chi connectivity index (χ2n) is 4.69. The predicted molar refractivity (Wildman–Crippen MR) is 68.6 cm³/mol. The van der Waals surface area contributed by atoms with Crippen molar-refractivity contribution in [3.63, 3.8) is 0 Å². The number of urea groups is 1. The van der Waals surface area contributed by atoms with Gasteiger partial charge in [-0.05, 0) is 32.4 Å². The summed E-state index contributed by atoms with van der Waals surface area (Å²) in [7, 11) is 1.77. The maximum absolute atomic E-state index is 12.2. The van der Waals surface area contributed by atoms with Gasteiger partial charge in [-0.1, -0.05) is 6.92 Å². The van der Waals surface area contributed by atoms with E-state index in [1.165, 1.54) is 4.90 Å². The highest BCUT2D eigenvalue weighted by molar-refractivity contribution is 5.80. The Kier molecular flexibility index (Phi) is 5.91. The maximum atomic E-state index is 12.2. The maximum Gasteiger partial charge on any atom is 0.323 e. The highest BCUT2D eigenvalue weighted by Crippen LogP contribution is 2.12. The van der Waals surface area contributed by atoms with Crippen molar-refractivity contribution >= 4 is 12.0 Å². The Morgan fingerprint density at radius 2 is 1.94 bits per heavy atom. The number of piperidine rings is 1. The van der Waals surface area contributed by atoms with Crippen LogP contribution in [-0.4, -0.2) is 66.2 Å². The molecular formula is C12H23N3O3. The molecule has 0 bridgehead atoms. The monoisotopic (exact) mass is 257 g/mol. The summed E-state index contributed by atoms with van der Waals surface area (Å²) >= 11 is 0. The molecule has 1 saturated heterocycles. The van der Waals surface area contributed by atoms with E-state index >= 15 is 0 Å². The molecule has 0 aromatic carbocycles. The summed E-state index contributed by atoms with van der Waals surface area (Å²) in [6.45, 7) is 4.03. The molecule has 2 N–H and O–H groups in total. The third-order valence-electron chi connectivity index (χ3n) is 3.25. The number of carboxylic acids is 1. The first-order chi connectivity index (χ1) is 8.56. The van der Waals surface area contributed by atoms with E-state index in [0.717, 1.165) is 32.4 Å². The first-order valence-corrected chi connectivity index (χ1v) is 6.50. The fraction of sp³-hybridized carbons (Fsp3) is 0.833. The molecule has 2 amide bonds. The molecular weight excluding hydrogens is 234 g/mol. The van der Waals surface area contributed by atoms with E-state index in [1.54, 1.807) is 11.9 Å². The Balaban J connectivity index is 2.59. The van der Waals surface area contributed by atoms with Gasteiger partial charge >= 0.3 is 12.0 Å². The Bertz CT molecular complexity index is 290. The molecule has 0 aromatic heterocycles. The van der Waals surface area contributed by atoms with Crippen molar-refractivity contribution in [3.8, 4) is 0 Å². The summed E-state index contributed by atoms with van der Waals surface area (Å²) < 4.78 is 0. The number of carbonyl (C=O) groups is 2. The molecule has 1 heterocycles. The van der Waals surface area contributed by atoms with Crippen molar-refractivity contribution < 1.29 is 14.7 Å². The van der Waals surface area contributed by atoms with Gasteiger partial charge in [-0.25, -0.2) is 4.79 Å². The molecule has 0 atom stereocenters. The summed E-state index contributed by atoms with van der Waals surface area (Å²) in [6.07, 6.45) is 2.61. The van der Waals surface area contributed by atoms with Gasteiger partial charge in [0.25, 0.3) is 0 Å². The van der Waals surface area contributed by atoms with E-state index in [1.807, 2.05) is 6.92 Å². The second kappa shape index (κ2) is 7.20. The van der Waals surface area contributed by atoms with Gasteiger partial charge in [0.1, 0.15) is 6.54 Å². The zero-order valence-corrected chi connectivity index (χ0v) is 11.2. The molecule has 0 aliphatic carbocycles. The number of hydrogen-bond acceptors (Lipinski definition) is 3. The summed E-state index contributed by atoms with van der Waals surface area (Å²) in [5.74, 6) is -0.962. The van der Waals surface area contributed by atoms with E-state index in [9.17, 15) is 9.59 Å². The zero-order valence-electron chi connectivity index (χ0n) is 11.2. The average Bonchev–Trinajstić information content (AvgIpc) is 2.37. The van der Waals surface area contributed by atoms with Crippen LogP contribution in [0.1, 0.15) is 26.2 Å². The minimum absolute atomic E-state index is 0.175. The van der Waals surface area contributed by atoms with E-state index in [-0.39, 0.29) is 18.6 Å². The molecule has 1 aliphatic heterocycles. The topological polar surface area (TPSA) is 72.9 Å². The molecule has 18 heavy (non-hydrogen) atoms. The fourth-order valence-corrected chi connectivity index (χ4v) is 2.25. The number of nitrogens with zero attached hydrogens (tertiary/aromatic N) is 2. The summed E-state index contributed by atoms with van der Waals surface area (Å²) in [6, 6.07) is 0.0399. The Hall–Kier alpha value is -1.30. The summed E-state index contributed by atoms with van der Waals surface area (Å²) in [5.41, 5.74) is 0. The van der Waals surface area contributed by atoms with Crippen molar-refractivity contribution in [3.05, 3.63) is 0 Å². The van der Waals surface area contributed by atoms with Gasteiger partial charge in [0.2, 0.25) is 0 Å². The lowest BCUT2D eigenvalue weighted by molar-refractivity contribution is -0.137. The van der Waals surface area contributed by atoms with Gasteiger partial charge in [0, 0.05) is 19.6 Å². The molecule has 1 fully saturated rings. The second-order valence-corrected chi connectivity index (χ2v) is 4.69. The van der Waals surface area contributed by atoms with Crippen molar-refractivity contribution in [2.45, 2.75) is 32.2 Å². The highest BCUT2D eigenvalue weighted by atomic mass is 16.4. The fourth-order valence-electron chi connectivity index (χ4n) is 2.25. The molecule has 0 saturated carbocycles. The average molecular weight is 257 g/mol. The van der Waals surface area contributed by atoms with Gasteiger partial charge < -0.3 is 20.2 Å². The van der Waals surface area contributed by atoms with Gasteiger partial charge in [0.15, 0.2) is 0 Å². The minimum atomic E-state index is -0.962. The van der Waals surface area contributed by atoms with Crippen LogP contribution in [0.4, 0.5) is 4.79 Å².